The van der Waals surface area contributed by atoms with E-state index in [2.05, 4.69) is 5.92 Å². The molecule has 0 radical (unpaired) electrons. The molecule has 1 aromatic carbocycles. The molecule has 2 heteroatoms. The van der Waals surface area contributed by atoms with Crippen LogP contribution in [0.5, 0.6) is 0 Å². The first kappa shape index (κ1) is 9.45. The molecule has 0 fully saturated rings. The second kappa shape index (κ2) is 4.29. The van der Waals surface area contributed by atoms with Gasteiger partial charge in [-0.15, -0.1) is 17.7 Å². The van der Waals surface area contributed by atoms with Gasteiger partial charge in [0.1, 0.15) is 5.82 Å². The maximum Gasteiger partial charge on any atom is 1.00 e. The van der Waals surface area contributed by atoms with E-state index in [4.69, 9.17) is 6.42 Å². The fraction of sp³-hybridized carbons (Fsp3) is 0. The number of halogens is 1. The van der Waals surface area contributed by atoms with Crippen molar-refractivity contribution in [2.24, 2.45) is 0 Å². The minimum Gasteiger partial charge on any atom is -0.366 e. The first-order chi connectivity index (χ1) is 4.33. The Morgan fingerprint density at radius 3 is 2.10 bits per heavy atom. The van der Waals surface area contributed by atoms with E-state index in [1.54, 1.807) is 0 Å². The van der Waals surface area contributed by atoms with Crippen LogP contribution in [0.15, 0.2) is 24.3 Å². The molecule has 0 aliphatic rings. The molecule has 0 bridgehead atoms. The third kappa shape index (κ3) is 2.36. The van der Waals surface area contributed by atoms with Crippen molar-refractivity contribution in [2.75, 3.05) is 0 Å². The minimum atomic E-state index is -0.283. The molecule has 0 aliphatic heterocycles. The van der Waals surface area contributed by atoms with Crippen LogP contribution < -0.4 is 0 Å². The Morgan fingerprint density at radius 2 is 1.70 bits per heavy atom. The van der Waals surface area contributed by atoms with E-state index in [0.29, 0.717) is 5.56 Å². The van der Waals surface area contributed by atoms with Crippen molar-refractivity contribution in [3.05, 3.63) is 42.1 Å². The summed E-state index contributed by atoms with van der Waals surface area (Å²) in [6.07, 6.45) is 6.64. The van der Waals surface area contributed by atoms with Crippen LogP contribution in [0.1, 0.15) is 5.56 Å². The van der Waals surface area contributed by atoms with Crippen molar-refractivity contribution >= 4 is 0 Å². The summed E-state index contributed by atoms with van der Waals surface area (Å²) in [4.78, 5) is 0. The normalized spacial score (nSPS) is 7.60. The third-order valence-corrected chi connectivity index (χ3v) is 0.989. The van der Waals surface area contributed by atoms with Gasteiger partial charge in [0.25, 0.3) is 0 Å². The van der Waals surface area contributed by atoms with Crippen molar-refractivity contribution in [2.45, 2.75) is 0 Å². The first-order valence-electron chi connectivity index (χ1n) is 2.51. The average molecular weight is 227 g/mol. The number of hydrogen-bond acceptors (Lipinski definition) is 0. The van der Waals surface area contributed by atoms with Gasteiger partial charge in [0.05, 0.1) is 0 Å². The second-order valence-electron chi connectivity index (χ2n) is 1.63. The summed E-state index contributed by atoms with van der Waals surface area (Å²) >= 11 is 0. The molecule has 0 amide bonds. The van der Waals surface area contributed by atoms with Crippen LogP contribution in [0.2, 0.25) is 0 Å². The van der Waals surface area contributed by atoms with Gasteiger partial charge in [0, 0.05) is 0 Å². The predicted octanol–water partition coefficient (Wildman–Crippen LogP) is 1.76. The van der Waals surface area contributed by atoms with Crippen molar-refractivity contribution < 1.29 is 26.8 Å². The zero-order valence-electron chi connectivity index (χ0n) is 4.99. The minimum absolute atomic E-state index is 0. The van der Waals surface area contributed by atoms with E-state index in [1.165, 1.54) is 24.3 Å². The van der Waals surface area contributed by atoms with Gasteiger partial charge in [-0.1, -0.05) is 0 Å². The summed E-state index contributed by atoms with van der Waals surface area (Å²) in [5.41, 5.74) is 0.594. The van der Waals surface area contributed by atoms with Gasteiger partial charge in [-0.3, -0.25) is 5.92 Å². The zero-order chi connectivity index (χ0) is 6.69. The molecule has 0 saturated heterocycles. The standard InChI is InChI=1S/C8H4F.Ag/c1-2-7-3-5-8(9)6-4-7;/h3-6H;/q-1;+1. The van der Waals surface area contributed by atoms with Crippen molar-refractivity contribution in [3.63, 3.8) is 0 Å². The van der Waals surface area contributed by atoms with E-state index >= 15 is 0 Å². The van der Waals surface area contributed by atoms with E-state index in [-0.39, 0.29) is 28.2 Å². The van der Waals surface area contributed by atoms with Gasteiger partial charge in [0.2, 0.25) is 0 Å². The van der Waals surface area contributed by atoms with Crippen LogP contribution >= 0.6 is 0 Å². The summed E-state index contributed by atoms with van der Waals surface area (Å²) in [5, 5.41) is 0. The van der Waals surface area contributed by atoms with Gasteiger partial charge >= 0.3 is 22.4 Å². The quantitative estimate of drug-likeness (QED) is 0.360. The molecule has 0 saturated carbocycles. The van der Waals surface area contributed by atoms with Crippen molar-refractivity contribution in [1.82, 2.24) is 0 Å². The van der Waals surface area contributed by atoms with E-state index in [9.17, 15) is 4.39 Å². The maximum absolute atomic E-state index is 12.1. The molecule has 0 aliphatic carbocycles. The third-order valence-electron chi connectivity index (χ3n) is 0.989. The molecule has 0 nitrogen and oxygen atoms in total. The average Bonchev–Trinajstić information content (AvgIpc) is 1.90. The Bertz CT molecular complexity index is 232. The van der Waals surface area contributed by atoms with Gasteiger partial charge in [-0.25, -0.2) is 4.39 Å². The molecule has 0 atom stereocenters. The summed E-state index contributed by atoms with van der Waals surface area (Å²) in [6.45, 7) is 0. The number of hydrogen-bond donors (Lipinski definition) is 0. The monoisotopic (exact) mass is 226 g/mol. The van der Waals surface area contributed by atoms with Crippen LogP contribution in [-0.4, -0.2) is 0 Å². The summed E-state index contributed by atoms with van der Waals surface area (Å²) < 4.78 is 12.1. The van der Waals surface area contributed by atoms with Gasteiger partial charge in [-0.2, -0.15) is 0 Å². The maximum atomic E-state index is 12.1. The summed E-state index contributed by atoms with van der Waals surface area (Å²) in [5.74, 6) is 1.85. The van der Waals surface area contributed by atoms with Gasteiger partial charge in [0.15, 0.2) is 0 Å². The fourth-order valence-electron chi connectivity index (χ4n) is 0.533. The Morgan fingerprint density at radius 1 is 1.20 bits per heavy atom. The Kier molecular flexibility index (Phi) is 4.06. The Hall–Kier alpha value is -0.550. The number of benzene rings is 1. The van der Waals surface area contributed by atoms with E-state index in [0.717, 1.165) is 0 Å². The van der Waals surface area contributed by atoms with Crippen LogP contribution in [-0.2, 0) is 22.4 Å². The molecular formula is C8H4AgF. The van der Waals surface area contributed by atoms with E-state index < -0.39 is 0 Å². The molecule has 0 spiro atoms. The molecule has 10 heavy (non-hydrogen) atoms. The van der Waals surface area contributed by atoms with Crippen LogP contribution in [0.25, 0.3) is 0 Å². The second-order valence-corrected chi connectivity index (χ2v) is 1.63. The SMILES string of the molecule is [Ag+].[C-]#Cc1ccc(F)cc1. The summed E-state index contributed by atoms with van der Waals surface area (Å²) in [7, 11) is 0. The van der Waals surface area contributed by atoms with Crippen LogP contribution in [0, 0.1) is 18.2 Å². The smallest absolute Gasteiger partial charge is 0.366 e. The molecule has 0 aromatic heterocycles. The molecule has 0 heterocycles. The molecule has 1 rings (SSSR count). The fourth-order valence-corrected chi connectivity index (χ4v) is 0.533. The predicted molar refractivity (Wildman–Crippen MR) is 32.6 cm³/mol. The van der Waals surface area contributed by atoms with Crippen LogP contribution in [0.3, 0.4) is 0 Å². The molecule has 54 valence electrons. The zero-order valence-corrected chi connectivity index (χ0v) is 6.47. The van der Waals surface area contributed by atoms with Crippen molar-refractivity contribution in [1.29, 1.82) is 0 Å². The first-order valence-corrected chi connectivity index (χ1v) is 2.51. The Balaban J connectivity index is 0.000000810. The van der Waals surface area contributed by atoms with Gasteiger partial charge in [-0.05, 0) is 12.1 Å². The molecule has 0 N–H and O–H groups in total. The topological polar surface area (TPSA) is 0 Å². The largest absolute Gasteiger partial charge is 1.00 e. The molecular weight excluding hydrogens is 223 g/mol. The van der Waals surface area contributed by atoms with Crippen molar-refractivity contribution in [3.8, 4) is 5.92 Å². The van der Waals surface area contributed by atoms with Crippen LogP contribution in [0.4, 0.5) is 4.39 Å². The molecule has 1 aromatic rings. The summed E-state index contributed by atoms with van der Waals surface area (Å²) in [6, 6.07) is 5.61. The Labute approximate surface area is 75.0 Å². The van der Waals surface area contributed by atoms with Gasteiger partial charge < -0.3 is 6.42 Å². The number of rotatable bonds is 0. The molecule has 0 unspecified atom stereocenters. The van der Waals surface area contributed by atoms with E-state index in [1.807, 2.05) is 0 Å².